The number of H-pyrrole nitrogens is 1. The van der Waals surface area contributed by atoms with E-state index >= 15 is 0 Å². The van der Waals surface area contributed by atoms with Gasteiger partial charge in [-0.05, 0) is 37.1 Å². The van der Waals surface area contributed by atoms with E-state index in [0.29, 0.717) is 13.1 Å². The van der Waals surface area contributed by atoms with Gasteiger partial charge in [0.2, 0.25) is 0 Å². The van der Waals surface area contributed by atoms with Gasteiger partial charge in [-0.15, -0.1) is 35.3 Å². The van der Waals surface area contributed by atoms with Gasteiger partial charge >= 0.3 is 0 Å². The summed E-state index contributed by atoms with van der Waals surface area (Å²) in [6.07, 6.45) is 2.71. The van der Waals surface area contributed by atoms with Crippen LogP contribution in [0.15, 0.2) is 34.9 Å². The Bertz CT molecular complexity index is 858. The predicted octanol–water partition coefficient (Wildman–Crippen LogP) is 3.60. The summed E-state index contributed by atoms with van der Waals surface area (Å²) in [5.74, 6) is 0.530. The Hall–Kier alpha value is -1.68. The first kappa shape index (κ1) is 19.6. The number of aromatic amines is 1. The minimum atomic E-state index is -0.214. The highest BCUT2D eigenvalue weighted by Gasteiger charge is 2.06. The maximum atomic E-state index is 13.4. The van der Waals surface area contributed by atoms with E-state index in [4.69, 9.17) is 0 Å². The number of aromatic nitrogens is 2. The number of guanidine groups is 1. The molecule has 0 bridgehead atoms. The second-order valence-corrected chi connectivity index (χ2v) is 6.41. The van der Waals surface area contributed by atoms with Crippen LogP contribution in [-0.4, -0.2) is 29.5 Å². The molecule has 3 aromatic rings. The molecule has 0 spiro atoms. The number of aryl methyl sites for hydroxylation is 1. The lowest BCUT2D eigenvalue weighted by atomic mass is 10.1. The molecule has 0 atom stereocenters. The molecule has 0 radical (unpaired) electrons. The van der Waals surface area contributed by atoms with Crippen molar-refractivity contribution in [2.75, 3.05) is 13.6 Å². The van der Waals surface area contributed by atoms with Gasteiger partial charge in [0.1, 0.15) is 5.82 Å². The first-order chi connectivity index (χ1) is 11.7. The molecule has 0 aliphatic rings. The summed E-state index contributed by atoms with van der Waals surface area (Å²) < 4.78 is 13.4. The number of aliphatic imine (C=N–C) groups is 1. The lowest BCUT2D eigenvalue weighted by molar-refractivity contribution is 0.629. The van der Waals surface area contributed by atoms with Gasteiger partial charge in [0.05, 0.1) is 17.7 Å². The summed E-state index contributed by atoms with van der Waals surface area (Å²) in [7, 11) is 1.75. The van der Waals surface area contributed by atoms with Crippen molar-refractivity contribution in [3.05, 3.63) is 51.9 Å². The monoisotopic (exact) mass is 473 g/mol. The fraction of sp³-hybridized carbons (Fsp3) is 0.294. The number of thiazole rings is 1. The molecule has 5 nitrogen and oxygen atoms in total. The van der Waals surface area contributed by atoms with Crippen LogP contribution in [0.25, 0.3) is 10.9 Å². The average molecular weight is 473 g/mol. The van der Waals surface area contributed by atoms with Crippen molar-refractivity contribution in [1.29, 1.82) is 0 Å². The third-order valence-corrected chi connectivity index (χ3v) is 4.84. The van der Waals surface area contributed by atoms with Gasteiger partial charge < -0.3 is 15.6 Å². The molecule has 25 heavy (non-hydrogen) atoms. The van der Waals surface area contributed by atoms with Crippen molar-refractivity contribution in [3.8, 4) is 0 Å². The van der Waals surface area contributed by atoms with Gasteiger partial charge in [-0.2, -0.15) is 0 Å². The van der Waals surface area contributed by atoms with E-state index in [1.807, 2.05) is 18.6 Å². The number of fused-ring (bicyclic) bond motifs is 1. The number of benzene rings is 1. The van der Waals surface area contributed by atoms with Gasteiger partial charge in [-0.3, -0.25) is 4.99 Å². The number of hydrogen-bond donors (Lipinski definition) is 3. The standard InChI is InChI=1S/C17H20FN5S.HI/c1-11-16(24-10-23-11)9-22-17(19-2)20-6-5-12-8-21-15-4-3-13(18)7-14(12)15;/h3-4,7-8,10,21H,5-6,9H2,1-2H3,(H2,19,20,22);1H. The van der Waals surface area contributed by atoms with Gasteiger partial charge in [-0.25, -0.2) is 9.37 Å². The highest BCUT2D eigenvalue weighted by Crippen LogP contribution is 2.19. The van der Waals surface area contributed by atoms with Crippen LogP contribution in [0.4, 0.5) is 4.39 Å². The van der Waals surface area contributed by atoms with Crippen LogP contribution in [0.2, 0.25) is 0 Å². The highest BCUT2D eigenvalue weighted by molar-refractivity contribution is 14.0. The molecule has 8 heteroatoms. The highest BCUT2D eigenvalue weighted by atomic mass is 127. The zero-order valence-corrected chi connectivity index (χ0v) is 17.2. The van der Waals surface area contributed by atoms with Crippen molar-refractivity contribution < 1.29 is 4.39 Å². The topological polar surface area (TPSA) is 65.1 Å². The van der Waals surface area contributed by atoms with Crippen molar-refractivity contribution in [2.24, 2.45) is 4.99 Å². The van der Waals surface area contributed by atoms with Crippen LogP contribution in [0.5, 0.6) is 0 Å². The van der Waals surface area contributed by atoms with Crippen molar-refractivity contribution in [2.45, 2.75) is 19.9 Å². The van der Waals surface area contributed by atoms with Gasteiger partial charge in [0, 0.05) is 35.6 Å². The number of rotatable bonds is 5. The van der Waals surface area contributed by atoms with Gasteiger partial charge in [-0.1, -0.05) is 0 Å². The van der Waals surface area contributed by atoms with E-state index in [1.54, 1.807) is 30.5 Å². The lowest BCUT2D eigenvalue weighted by Crippen LogP contribution is -2.37. The summed E-state index contributed by atoms with van der Waals surface area (Å²) >= 11 is 1.63. The molecule has 2 heterocycles. The molecule has 0 saturated heterocycles. The SMILES string of the molecule is CN=C(NCCc1c[nH]c2ccc(F)cc12)NCc1scnc1C.I. The predicted molar refractivity (Wildman–Crippen MR) is 112 cm³/mol. The van der Waals surface area contributed by atoms with E-state index < -0.39 is 0 Å². The summed E-state index contributed by atoms with van der Waals surface area (Å²) in [5, 5.41) is 7.50. The van der Waals surface area contributed by atoms with E-state index in [0.717, 1.165) is 34.5 Å². The van der Waals surface area contributed by atoms with Crippen LogP contribution < -0.4 is 10.6 Å². The summed E-state index contributed by atoms with van der Waals surface area (Å²) in [6.45, 7) is 3.42. The molecule has 0 aliphatic carbocycles. The Labute approximate surface area is 167 Å². The average Bonchev–Trinajstić information content (AvgIpc) is 3.17. The van der Waals surface area contributed by atoms with E-state index in [2.05, 4.69) is 25.6 Å². The van der Waals surface area contributed by atoms with Crippen molar-refractivity contribution in [3.63, 3.8) is 0 Å². The Morgan fingerprint density at radius 3 is 2.92 bits per heavy atom. The van der Waals surface area contributed by atoms with E-state index in [9.17, 15) is 4.39 Å². The molecule has 0 aliphatic heterocycles. The third-order valence-electron chi connectivity index (χ3n) is 3.90. The van der Waals surface area contributed by atoms with E-state index in [-0.39, 0.29) is 29.8 Å². The number of hydrogen-bond acceptors (Lipinski definition) is 3. The van der Waals surface area contributed by atoms with Crippen LogP contribution in [-0.2, 0) is 13.0 Å². The fourth-order valence-electron chi connectivity index (χ4n) is 2.55. The Morgan fingerprint density at radius 1 is 1.36 bits per heavy atom. The fourth-order valence-corrected chi connectivity index (χ4v) is 3.27. The number of nitrogens with zero attached hydrogens (tertiary/aromatic N) is 2. The summed E-state index contributed by atoms with van der Waals surface area (Å²) in [5.41, 5.74) is 4.93. The van der Waals surface area contributed by atoms with Gasteiger partial charge in [0.25, 0.3) is 0 Å². The summed E-state index contributed by atoms with van der Waals surface area (Å²) in [6, 6.07) is 4.80. The zero-order chi connectivity index (χ0) is 16.9. The molecule has 0 fully saturated rings. The molecule has 2 aromatic heterocycles. The normalized spacial score (nSPS) is 11.4. The molecule has 1 aromatic carbocycles. The van der Waals surface area contributed by atoms with Crippen LogP contribution in [0, 0.1) is 12.7 Å². The molecule has 3 N–H and O–H groups in total. The minimum absolute atomic E-state index is 0. The molecule has 134 valence electrons. The first-order valence-corrected chi connectivity index (χ1v) is 8.64. The Morgan fingerprint density at radius 2 is 2.20 bits per heavy atom. The molecular formula is C17H21FIN5S. The Balaban J connectivity index is 0.00000225. The first-order valence-electron chi connectivity index (χ1n) is 7.76. The zero-order valence-electron chi connectivity index (χ0n) is 14.1. The summed E-state index contributed by atoms with van der Waals surface area (Å²) in [4.78, 5) is 12.8. The minimum Gasteiger partial charge on any atom is -0.361 e. The maximum Gasteiger partial charge on any atom is 0.191 e. The largest absolute Gasteiger partial charge is 0.361 e. The quantitative estimate of drug-likeness (QED) is 0.302. The second kappa shape index (κ2) is 9.14. The molecule has 0 amide bonds. The lowest BCUT2D eigenvalue weighted by Gasteiger charge is -2.11. The maximum absolute atomic E-state index is 13.4. The van der Waals surface area contributed by atoms with Crippen LogP contribution in [0.3, 0.4) is 0 Å². The third kappa shape index (κ3) is 4.91. The van der Waals surface area contributed by atoms with Crippen LogP contribution in [0.1, 0.15) is 16.1 Å². The number of nitrogens with one attached hydrogen (secondary N) is 3. The second-order valence-electron chi connectivity index (χ2n) is 5.47. The Kier molecular flexibility index (Phi) is 7.18. The van der Waals surface area contributed by atoms with E-state index in [1.165, 1.54) is 10.9 Å². The molecule has 0 unspecified atom stereocenters. The van der Waals surface area contributed by atoms with Crippen molar-refractivity contribution in [1.82, 2.24) is 20.6 Å². The van der Waals surface area contributed by atoms with Crippen molar-refractivity contribution >= 4 is 52.2 Å². The number of halogens is 2. The van der Waals surface area contributed by atoms with Crippen LogP contribution >= 0.6 is 35.3 Å². The molecular weight excluding hydrogens is 452 g/mol. The molecule has 3 rings (SSSR count). The molecule has 0 saturated carbocycles. The smallest absolute Gasteiger partial charge is 0.191 e. The van der Waals surface area contributed by atoms with Gasteiger partial charge in [0.15, 0.2) is 5.96 Å².